The molecule has 0 saturated carbocycles. The fraction of sp³-hybridized carbons (Fsp3) is 0.0213. The van der Waals surface area contributed by atoms with Crippen LogP contribution in [0, 0.1) is 0 Å². The van der Waals surface area contributed by atoms with Crippen molar-refractivity contribution in [2.24, 2.45) is 0 Å². The smallest absolute Gasteiger partial charge is 0.0740 e. The first-order chi connectivity index (χ1) is 24.3. The van der Waals surface area contributed by atoms with Gasteiger partial charge in [-0.3, -0.25) is 0 Å². The molecule has 2 aliphatic rings. The summed E-state index contributed by atoms with van der Waals surface area (Å²) in [6, 6.07) is 65.4. The normalized spacial score (nSPS) is 15.4. The first-order valence-corrected chi connectivity index (χ1v) is 17.7. The second kappa shape index (κ2) is 10.0. The molecule has 2 heteroatoms. The molecule has 2 aliphatic carbocycles. The highest BCUT2D eigenvalue weighted by Gasteiger charge is 2.53. The third kappa shape index (κ3) is 3.64. The van der Waals surface area contributed by atoms with Gasteiger partial charge in [-0.05, 0) is 108 Å². The molecule has 1 atom stereocenters. The van der Waals surface area contributed by atoms with Crippen molar-refractivity contribution >= 4 is 60.0 Å². The van der Waals surface area contributed by atoms with Crippen LogP contribution in [0.25, 0.3) is 53.2 Å². The zero-order valence-electron chi connectivity index (χ0n) is 26.6. The lowest BCUT2D eigenvalue weighted by Gasteiger charge is -2.31. The van der Waals surface area contributed by atoms with Crippen LogP contribution in [0.3, 0.4) is 0 Å². The number of thiophene rings is 1. The van der Waals surface area contributed by atoms with Crippen LogP contribution in [0.1, 0.15) is 22.3 Å². The van der Waals surface area contributed by atoms with Gasteiger partial charge in [0.05, 0.1) is 5.41 Å². The molecule has 1 nitrogen and oxygen atoms in total. The molecule has 0 amide bonds. The Kier molecular flexibility index (Phi) is 5.53. The van der Waals surface area contributed by atoms with E-state index < -0.39 is 0 Å². The van der Waals surface area contributed by atoms with E-state index in [9.17, 15) is 0 Å². The van der Waals surface area contributed by atoms with Crippen molar-refractivity contribution in [1.29, 1.82) is 0 Å². The minimum absolute atomic E-state index is 0.368. The van der Waals surface area contributed by atoms with Crippen molar-refractivity contribution in [1.82, 2.24) is 0 Å². The summed E-state index contributed by atoms with van der Waals surface area (Å²) in [6.07, 6.45) is 0. The van der Waals surface area contributed by atoms with E-state index in [4.69, 9.17) is 0 Å². The molecule has 1 spiro atoms. The van der Waals surface area contributed by atoms with Gasteiger partial charge >= 0.3 is 0 Å². The van der Waals surface area contributed by atoms with E-state index in [1.54, 1.807) is 0 Å². The number of nitrogens with zero attached hydrogens (tertiary/aromatic N) is 1. The van der Waals surface area contributed by atoms with Crippen molar-refractivity contribution in [2.45, 2.75) is 5.41 Å². The zero-order valence-corrected chi connectivity index (χ0v) is 27.4. The SMILES string of the molecule is c1ccc2c(c1)-c1cc(N(c3ccc4ccccc4c3)c3ccc4ccccc4c3)ccc1C21c2ccccc2-c2sc3ccccc3c21. The monoisotopic (exact) mass is 639 g/mol. The summed E-state index contributed by atoms with van der Waals surface area (Å²) >= 11 is 1.94. The van der Waals surface area contributed by atoms with E-state index in [0.29, 0.717) is 0 Å². The molecule has 0 saturated heterocycles. The molecule has 1 heterocycles. The molecule has 0 radical (unpaired) electrons. The Hall–Kier alpha value is -5.96. The molecule has 0 aliphatic heterocycles. The van der Waals surface area contributed by atoms with Crippen LogP contribution in [0.15, 0.2) is 176 Å². The summed E-state index contributed by atoms with van der Waals surface area (Å²) < 4.78 is 1.35. The Morgan fingerprint density at radius 1 is 0.388 bits per heavy atom. The Balaban J connectivity index is 1.19. The van der Waals surface area contributed by atoms with Gasteiger partial charge in [-0.25, -0.2) is 0 Å². The quantitative estimate of drug-likeness (QED) is 0.186. The highest BCUT2D eigenvalue weighted by atomic mass is 32.1. The van der Waals surface area contributed by atoms with Crippen molar-refractivity contribution in [2.75, 3.05) is 4.90 Å². The fourth-order valence-corrected chi connectivity index (χ4v) is 10.1. The largest absolute Gasteiger partial charge is 0.310 e. The van der Waals surface area contributed by atoms with Gasteiger partial charge in [0, 0.05) is 26.6 Å². The van der Waals surface area contributed by atoms with Crippen LogP contribution in [-0.2, 0) is 5.41 Å². The van der Waals surface area contributed by atoms with E-state index in [1.165, 1.54) is 75.5 Å². The van der Waals surface area contributed by atoms with Gasteiger partial charge in [0.2, 0.25) is 0 Å². The predicted molar refractivity (Wildman–Crippen MR) is 208 cm³/mol. The molecule has 228 valence electrons. The number of hydrogen-bond donors (Lipinski definition) is 0. The summed E-state index contributed by atoms with van der Waals surface area (Å²) in [4.78, 5) is 3.83. The summed E-state index contributed by atoms with van der Waals surface area (Å²) in [7, 11) is 0. The lowest BCUT2D eigenvalue weighted by atomic mass is 9.70. The van der Waals surface area contributed by atoms with Gasteiger partial charge < -0.3 is 4.90 Å². The van der Waals surface area contributed by atoms with E-state index >= 15 is 0 Å². The van der Waals surface area contributed by atoms with Crippen molar-refractivity contribution in [3.8, 4) is 21.6 Å². The van der Waals surface area contributed by atoms with Gasteiger partial charge in [0.15, 0.2) is 0 Å². The maximum atomic E-state index is 2.45. The van der Waals surface area contributed by atoms with Gasteiger partial charge in [0.1, 0.15) is 0 Å². The topological polar surface area (TPSA) is 3.24 Å². The lowest BCUT2D eigenvalue weighted by Crippen LogP contribution is -2.25. The van der Waals surface area contributed by atoms with Crippen LogP contribution in [0.5, 0.6) is 0 Å². The standard InChI is InChI=1S/C47H29NS/c1-3-13-32-27-34(23-21-30(32)11-1)48(35-24-22-31-12-2-4-14-33(31)28-35)36-25-26-43-40(29-36)37-15-5-8-18-41(37)47(43)42-19-9-6-16-38(42)46-45(47)39-17-7-10-20-44(39)49-46/h1-29H. The summed E-state index contributed by atoms with van der Waals surface area (Å²) in [5, 5.41) is 6.31. The van der Waals surface area contributed by atoms with Crippen molar-refractivity contribution in [3.05, 3.63) is 198 Å². The molecule has 1 aromatic heterocycles. The molecule has 0 fully saturated rings. The lowest BCUT2D eigenvalue weighted by molar-refractivity contribution is 0.802. The molecule has 0 N–H and O–H groups in total. The number of rotatable bonds is 3. The average Bonchev–Trinajstić information content (AvgIpc) is 3.78. The number of benzene rings is 8. The Morgan fingerprint density at radius 2 is 0.898 bits per heavy atom. The maximum absolute atomic E-state index is 2.45. The number of hydrogen-bond acceptors (Lipinski definition) is 2. The van der Waals surface area contributed by atoms with E-state index in [1.807, 2.05) is 11.3 Å². The van der Waals surface area contributed by atoms with Crippen LogP contribution in [0.4, 0.5) is 17.1 Å². The summed E-state index contributed by atoms with van der Waals surface area (Å²) in [6.45, 7) is 0. The number of fused-ring (bicyclic) bond motifs is 14. The molecule has 1 unspecified atom stereocenters. The second-order valence-corrected chi connectivity index (χ2v) is 14.3. The third-order valence-electron chi connectivity index (χ3n) is 10.8. The second-order valence-electron chi connectivity index (χ2n) is 13.3. The molecule has 9 aromatic rings. The van der Waals surface area contributed by atoms with Crippen LogP contribution < -0.4 is 4.90 Å². The van der Waals surface area contributed by atoms with E-state index in [-0.39, 0.29) is 5.41 Å². The highest BCUT2D eigenvalue weighted by molar-refractivity contribution is 7.22. The van der Waals surface area contributed by atoms with Gasteiger partial charge in [-0.15, -0.1) is 11.3 Å². The molecule has 49 heavy (non-hydrogen) atoms. The molecular formula is C47H29NS. The van der Waals surface area contributed by atoms with Gasteiger partial charge in [-0.1, -0.05) is 133 Å². The number of anilines is 3. The highest BCUT2D eigenvalue weighted by Crippen LogP contribution is 2.66. The van der Waals surface area contributed by atoms with Crippen LogP contribution >= 0.6 is 11.3 Å². The molecule has 11 rings (SSSR count). The van der Waals surface area contributed by atoms with Gasteiger partial charge in [0.25, 0.3) is 0 Å². The van der Waals surface area contributed by atoms with Crippen molar-refractivity contribution in [3.63, 3.8) is 0 Å². The Morgan fingerprint density at radius 3 is 1.61 bits per heavy atom. The third-order valence-corrected chi connectivity index (χ3v) is 12.0. The maximum Gasteiger partial charge on any atom is 0.0740 e. The fourth-order valence-electron chi connectivity index (χ4n) is 8.80. The Bertz CT molecular complexity index is 2730. The van der Waals surface area contributed by atoms with Gasteiger partial charge in [-0.2, -0.15) is 0 Å². The average molecular weight is 640 g/mol. The Labute approximate surface area is 289 Å². The summed E-state index contributed by atoms with van der Waals surface area (Å²) in [5.74, 6) is 0. The zero-order chi connectivity index (χ0) is 32.1. The molecule has 8 aromatic carbocycles. The first-order valence-electron chi connectivity index (χ1n) is 16.9. The minimum Gasteiger partial charge on any atom is -0.310 e. The van der Waals surface area contributed by atoms with Crippen LogP contribution in [-0.4, -0.2) is 0 Å². The predicted octanol–water partition coefficient (Wildman–Crippen LogP) is 13.0. The van der Waals surface area contributed by atoms with Crippen molar-refractivity contribution < 1.29 is 0 Å². The first kappa shape index (κ1) is 27.0. The summed E-state index contributed by atoms with van der Waals surface area (Å²) in [5.41, 5.74) is 12.6. The molecular weight excluding hydrogens is 611 g/mol. The molecule has 0 bridgehead atoms. The van der Waals surface area contributed by atoms with Crippen LogP contribution in [0.2, 0.25) is 0 Å². The minimum atomic E-state index is -0.368. The van der Waals surface area contributed by atoms with E-state index in [0.717, 1.165) is 17.1 Å². The van der Waals surface area contributed by atoms with E-state index in [2.05, 4.69) is 181 Å².